The molecule has 2 aromatic carbocycles. The number of ether oxygens (including phenoxy) is 1. The third-order valence-electron chi connectivity index (χ3n) is 4.63. The third-order valence-corrected chi connectivity index (χ3v) is 4.63. The van der Waals surface area contributed by atoms with Gasteiger partial charge in [-0.05, 0) is 43.2 Å². The van der Waals surface area contributed by atoms with Gasteiger partial charge in [-0.15, -0.1) is 13.2 Å². The molecule has 1 unspecified atom stereocenters. The molecule has 1 atom stereocenters. The Kier molecular flexibility index (Phi) is 5.86. The van der Waals surface area contributed by atoms with Crippen molar-refractivity contribution in [1.82, 2.24) is 4.90 Å². The molecule has 0 saturated carbocycles. The largest absolute Gasteiger partial charge is 0.573 e. The van der Waals surface area contributed by atoms with Gasteiger partial charge in [-0.1, -0.05) is 12.1 Å². The highest BCUT2D eigenvalue weighted by Gasteiger charge is 2.35. The lowest BCUT2D eigenvalue weighted by molar-refractivity contribution is -0.274. The summed E-state index contributed by atoms with van der Waals surface area (Å²) < 4.78 is 68.2. The molecule has 0 bridgehead atoms. The fourth-order valence-corrected chi connectivity index (χ4v) is 3.29. The highest BCUT2D eigenvalue weighted by molar-refractivity contribution is 6.00. The molecule has 0 spiro atoms. The molecule has 1 aliphatic heterocycles. The number of benzene rings is 2. The zero-order valence-corrected chi connectivity index (χ0v) is 15.0. The van der Waals surface area contributed by atoms with Crippen molar-refractivity contribution >= 4 is 11.7 Å². The van der Waals surface area contributed by atoms with Crippen LogP contribution in [0, 0.1) is 17.6 Å². The van der Waals surface area contributed by atoms with E-state index in [9.17, 15) is 31.5 Å². The van der Waals surface area contributed by atoms with E-state index in [1.807, 2.05) is 0 Å². The number of alkyl halides is 3. The van der Waals surface area contributed by atoms with Crippen molar-refractivity contribution in [2.24, 2.45) is 5.92 Å². The summed E-state index contributed by atoms with van der Waals surface area (Å²) >= 11 is 0. The van der Waals surface area contributed by atoms with Crippen molar-refractivity contribution in [3.8, 4) is 5.75 Å². The second kappa shape index (κ2) is 8.18. The number of carbonyl (C=O) groups is 2. The zero-order valence-electron chi connectivity index (χ0n) is 15.0. The molecule has 29 heavy (non-hydrogen) atoms. The first-order valence-corrected chi connectivity index (χ1v) is 8.79. The maximum atomic E-state index is 13.4. The molecule has 9 heteroatoms. The molecular formula is C20H16F5NO3. The van der Waals surface area contributed by atoms with Gasteiger partial charge < -0.3 is 9.64 Å². The highest BCUT2D eigenvalue weighted by atomic mass is 19.4. The Morgan fingerprint density at radius 2 is 1.76 bits per heavy atom. The Hall–Kier alpha value is -2.97. The van der Waals surface area contributed by atoms with Crippen LogP contribution in [0.5, 0.6) is 5.75 Å². The molecule has 1 fully saturated rings. The van der Waals surface area contributed by atoms with Crippen LogP contribution in [-0.2, 0) is 0 Å². The quantitative estimate of drug-likeness (QED) is 0.544. The number of hydrogen-bond acceptors (Lipinski definition) is 3. The van der Waals surface area contributed by atoms with E-state index in [0.29, 0.717) is 12.8 Å². The molecular weight excluding hydrogens is 397 g/mol. The lowest BCUT2D eigenvalue weighted by atomic mass is 9.89. The molecule has 4 nitrogen and oxygen atoms in total. The molecule has 1 saturated heterocycles. The van der Waals surface area contributed by atoms with Crippen molar-refractivity contribution in [1.29, 1.82) is 0 Å². The van der Waals surface area contributed by atoms with Crippen molar-refractivity contribution in [3.05, 3.63) is 65.2 Å². The maximum absolute atomic E-state index is 13.4. The molecule has 0 aliphatic carbocycles. The number of nitrogens with zero attached hydrogens (tertiary/aromatic N) is 1. The van der Waals surface area contributed by atoms with E-state index in [1.54, 1.807) is 0 Å². The smallest absolute Gasteiger partial charge is 0.405 e. The summed E-state index contributed by atoms with van der Waals surface area (Å²) in [5, 5.41) is 0. The first kappa shape index (κ1) is 20.8. The van der Waals surface area contributed by atoms with Gasteiger partial charge in [-0.25, -0.2) is 8.78 Å². The maximum Gasteiger partial charge on any atom is 0.573 e. The first-order chi connectivity index (χ1) is 13.7. The second-order valence-corrected chi connectivity index (χ2v) is 6.63. The second-order valence-electron chi connectivity index (χ2n) is 6.63. The Bertz CT molecular complexity index is 929. The monoisotopic (exact) mass is 413 g/mol. The minimum atomic E-state index is -4.95. The average molecular weight is 413 g/mol. The van der Waals surface area contributed by atoms with E-state index in [-0.39, 0.29) is 24.2 Å². The number of amides is 1. The van der Waals surface area contributed by atoms with Crippen LogP contribution in [-0.4, -0.2) is 36.0 Å². The molecule has 0 radical (unpaired) electrons. The number of carbonyl (C=O) groups excluding carboxylic acids is 2. The number of Topliss-reactive ketones (excluding diaryl/α,β-unsaturated/α-hetero) is 1. The van der Waals surface area contributed by atoms with Crippen LogP contribution in [0.1, 0.15) is 33.6 Å². The van der Waals surface area contributed by atoms with Crippen molar-refractivity contribution in [2.45, 2.75) is 19.2 Å². The van der Waals surface area contributed by atoms with Crippen LogP contribution >= 0.6 is 0 Å². The van der Waals surface area contributed by atoms with Crippen LogP contribution in [0.25, 0.3) is 0 Å². The lowest BCUT2D eigenvalue weighted by Gasteiger charge is -2.32. The summed E-state index contributed by atoms with van der Waals surface area (Å²) in [7, 11) is 0. The molecule has 0 N–H and O–H groups in total. The molecule has 154 valence electrons. The number of para-hydroxylation sites is 1. The van der Waals surface area contributed by atoms with E-state index >= 15 is 0 Å². The van der Waals surface area contributed by atoms with Crippen molar-refractivity contribution in [2.75, 3.05) is 13.1 Å². The van der Waals surface area contributed by atoms with Crippen molar-refractivity contribution < 1.29 is 36.3 Å². The number of likely N-dealkylation sites (tertiary alicyclic amines) is 1. The summed E-state index contributed by atoms with van der Waals surface area (Å²) in [5.74, 6) is -4.69. The van der Waals surface area contributed by atoms with Gasteiger partial charge >= 0.3 is 6.36 Å². The Morgan fingerprint density at radius 1 is 1.03 bits per heavy atom. The van der Waals surface area contributed by atoms with Crippen LogP contribution in [0.3, 0.4) is 0 Å². The van der Waals surface area contributed by atoms with E-state index in [4.69, 9.17) is 0 Å². The third kappa shape index (κ3) is 4.90. The minimum Gasteiger partial charge on any atom is -0.405 e. The van der Waals surface area contributed by atoms with Crippen molar-refractivity contribution in [3.63, 3.8) is 0 Å². The topological polar surface area (TPSA) is 46.6 Å². The van der Waals surface area contributed by atoms with Gasteiger partial charge in [0, 0.05) is 24.6 Å². The van der Waals surface area contributed by atoms with Gasteiger partial charge in [0.05, 0.1) is 5.56 Å². The summed E-state index contributed by atoms with van der Waals surface area (Å²) in [4.78, 5) is 26.7. The van der Waals surface area contributed by atoms with E-state index < -0.39 is 41.4 Å². The standard InChI is InChI=1S/C20H16F5NO3/c21-15-8-7-12(10-16(15)22)18(27)13-4-3-9-26(11-13)19(28)14-5-1-2-6-17(14)29-20(23,24)25/h1-2,5-8,10,13H,3-4,9,11H2. The first-order valence-electron chi connectivity index (χ1n) is 8.79. The molecule has 2 aromatic rings. The van der Waals surface area contributed by atoms with Crippen LogP contribution in [0.2, 0.25) is 0 Å². The van der Waals surface area contributed by atoms with Crippen LogP contribution < -0.4 is 4.74 Å². The van der Waals surface area contributed by atoms with Crippen LogP contribution in [0.15, 0.2) is 42.5 Å². The van der Waals surface area contributed by atoms with E-state index in [1.165, 1.54) is 23.1 Å². The lowest BCUT2D eigenvalue weighted by Crippen LogP contribution is -2.42. The minimum absolute atomic E-state index is 0.0241. The molecule has 1 aliphatic rings. The number of ketones is 1. The van der Waals surface area contributed by atoms with Gasteiger partial charge in [0.15, 0.2) is 17.4 Å². The van der Waals surface area contributed by atoms with E-state index in [0.717, 1.165) is 24.3 Å². The number of hydrogen-bond donors (Lipinski definition) is 0. The fraction of sp³-hybridized carbons (Fsp3) is 0.300. The average Bonchev–Trinajstić information content (AvgIpc) is 2.68. The summed E-state index contributed by atoms with van der Waals surface area (Å²) in [6.45, 7) is 0.206. The normalized spacial score (nSPS) is 17.1. The Balaban J connectivity index is 1.78. The predicted octanol–water partition coefficient (Wildman–Crippen LogP) is 4.60. The predicted molar refractivity (Wildman–Crippen MR) is 92.4 cm³/mol. The van der Waals surface area contributed by atoms with Gasteiger partial charge in [-0.3, -0.25) is 9.59 Å². The van der Waals surface area contributed by atoms with Gasteiger partial charge in [0.1, 0.15) is 5.75 Å². The van der Waals surface area contributed by atoms with E-state index in [2.05, 4.69) is 4.74 Å². The number of halogens is 5. The van der Waals surface area contributed by atoms with Gasteiger partial charge in [0.25, 0.3) is 5.91 Å². The Labute approximate surface area is 162 Å². The molecule has 1 amide bonds. The Morgan fingerprint density at radius 3 is 2.45 bits per heavy atom. The summed E-state index contributed by atoms with van der Waals surface area (Å²) in [6, 6.07) is 7.77. The molecule has 3 rings (SSSR count). The molecule has 1 heterocycles. The fourth-order valence-electron chi connectivity index (χ4n) is 3.29. The van der Waals surface area contributed by atoms with Gasteiger partial charge in [-0.2, -0.15) is 0 Å². The molecule has 0 aromatic heterocycles. The number of rotatable bonds is 4. The van der Waals surface area contributed by atoms with Crippen LogP contribution in [0.4, 0.5) is 22.0 Å². The summed E-state index contributed by atoms with van der Waals surface area (Å²) in [5.41, 5.74) is -0.297. The number of piperidine rings is 1. The zero-order chi connectivity index (χ0) is 21.2. The SMILES string of the molecule is O=C(c1ccc(F)c(F)c1)C1CCCN(C(=O)c2ccccc2OC(F)(F)F)C1. The van der Waals surface area contributed by atoms with Gasteiger partial charge in [0.2, 0.25) is 0 Å². The summed E-state index contributed by atoms with van der Waals surface area (Å²) in [6.07, 6.45) is -4.10. The highest BCUT2D eigenvalue weighted by Crippen LogP contribution is 2.29.